The Balaban J connectivity index is 1.61. The summed E-state index contributed by atoms with van der Waals surface area (Å²) >= 11 is 0. The molecular formula is C25H23NO5. The third kappa shape index (κ3) is 4.92. The molecule has 1 amide bonds. The number of ether oxygens (including phenoxy) is 2. The minimum absolute atomic E-state index is 0.102. The van der Waals surface area contributed by atoms with Gasteiger partial charge in [-0.3, -0.25) is 4.79 Å². The number of carbonyl (C=O) groups excluding carboxylic acids is 1. The number of rotatable bonds is 6. The van der Waals surface area contributed by atoms with E-state index in [1.165, 1.54) is 12.1 Å². The predicted octanol–water partition coefficient (Wildman–Crippen LogP) is 3.86. The van der Waals surface area contributed by atoms with Crippen LogP contribution in [0.5, 0.6) is 5.75 Å². The van der Waals surface area contributed by atoms with E-state index in [9.17, 15) is 9.59 Å². The molecule has 1 fully saturated rings. The first-order valence-electron chi connectivity index (χ1n) is 10.1. The number of carboxylic acids is 1. The van der Waals surface area contributed by atoms with Crippen LogP contribution in [-0.2, 0) is 9.53 Å². The fraction of sp³-hybridized carbons (Fsp3) is 0.200. The minimum atomic E-state index is -0.987. The van der Waals surface area contributed by atoms with Gasteiger partial charge in [-0.2, -0.15) is 0 Å². The molecule has 0 unspecified atom stereocenters. The van der Waals surface area contributed by atoms with Gasteiger partial charge in [-0.1, -0.05) is 48.5 Å². The molecule has 0 bridgehead atoms. The van der Waals surface area contributed by atoms with Crippen molar-refractivity contribution in [1.29, 1.82) is 0 Å². The molecule has 6 heteroatoms. The minimum Gasteiger partial charge on any atom is -0.488 e. The summed E-state index contributed by atoms with van der Waals surface area (Å²) in [5, 5.41) is 11.1. The van der Waals surface area contributed by atoms with Gasteiger partial charge >= 0.3 is 5.97 Å². The fourth-order valence-electron chi connectivity index (χ4n) is 3.53. The number of amides is 1. The maximum Gasteiger partial charge on any atom is 0.335 e. The Bertz CT molecular complexity index is 1110. The fourth-order valence-corrected chi connectivity index (χ4v) is 3.53. The lowest BCUT2D eigenvalue weighted by Crippen LogP contribution is -2.42. The van der Waals surface area contributed by atoms with Crippen molar-refractivity contribution in [2.24, 2.45) is 0 Å². The van der Waals surface area contributed by atoms with E-state index in [1.807, 2.05) is 42.5 Å². The number of morpholine rings is 1. The largest absolute Gasteiger partial charge is 0.488 e. The Morgan fingerprint density at radius 1 is 0.968 bits per heavy atom. The molecule has 0 spiro atoms. The molecule has 1 aliphatic heterocycles. The predicted molar refractivity (Wildman–Crippen MR) is 118 cm³/mol. The van der Waals surface area contributed by atoms with Crippen LogP contribution in [0.4, 0.5) is 0 Å². The van der Waals surface area contributed by atoms with Crippen molar-refractivity contribution < 1.29 is 24.2 Å². The van der Waals surface area contributed by atoms with Crippen LogP contribution in [0.3, 0.4) is 0 Å². The van der Waals surface area contributed by atoms with Crippen LogP contribution in [0.25, 0.3) is 16.8 Å². The summed E-state index contributed by atoms with van der Waals surface area (Å²) in [4.78, 5) is 26.1. The summed E-state index contributed by atoms with van der Waals surface area (Å²) in [6.07, 6.45) is 1.76. The van der Waals surface area contributed by atoms with E-state index in [0.29, 0.717) is 37.6 Å². The second kappa shape index (κ2) is 9.45. The van der Waals surface area contributed by atoms with Gasteiger partial charge in [0.1, 0.15) is 12.4 Å². The van der Waals surface area contributed by atoms with Crippen molar-refractivity contribution in [3.63, 3.8) is 0 Å². The second-order valence-corrected chi connectivity index (χ2v) is 7.27. The lowest BCUT2D eigenvalue weighted by Gasteiger charge is -2.28. The molecule has 0 atom stereocenters. The number of fused-ring (bicyclic) bond motifs is 1. The van der Waals surface area contributed by atoms with Gasteiger partial charge in [0.15, 0.2) is 0 Å². The highest BCUT2D eigenvalue weighted by atomic mass is 16.5. The topological polar surface area (TPSA) is 76.1 Å². The summed E-state index contributed by atoms with van der Waals surface area (Å²) in [5.41, 5.74) is 1.44. The maximum atomic E-state index is 13.2. The van der Waals surface area contributed by atoms with Crippen LogP contribution in [0.15, 0.2) is 72.3 Å². The summed E-state index contributed by atoms with van der Waals surface area (Å²) in [5.74, 6) is -0.384. The summed E-state index contributed by atoms with van der Waals surface area (Å²) in [7, 11) is 0. The molecule has 0 radical (unpaired) electrons. The first-order valence-corrected chi connectivity index (χ1v) is 10.1. The molecule has 0 aromatic heterocycles. The molecule has 3 aromatic rings. The number of nitrogens with zero attached hydrogens (tertiary/aromatic N) is 1. The molecule has 0 saturated carbocycles. The molecule has 3 aromatic carbocycles. The molecule has 158 valence electrons. The van der Waals surface area contributed by atoms with Gasteiger partial charge in [-0.05, 0) is 35.2 Å². The zero-order chi connectivity index (χ0) is 21.6. The highest BCUT2D eigenvalue weighted by molar-refractivity contribution is 5.98. The smallest absolute Gasteiger partial charge is 0.335 e. The zero-order valence-corrected chi connectivity index (χ0v) is 17.0. The summed E-state index contributed by atoms with van der Waals surface area (Å²) in [6, 6.07) is 20.2. The lowest BCUT2D eigenvalue weighted by molar-refractivity contribution is -0.131. The first-order chi connectivity index (χ1) is 15.1. The summed E-state index contributed by atoms with van der Waals surface area (Å²) < 4.78 is 11.4. The van der Waals surface area contributed by atoms with E-state index < -0.39 is 5.97 Å². The van der Waals surface area contributed by atoms with Crippen molar-refractivity contribution in [3.8, 4) is 5.75 Å². The van der Waals surface area contributed by atoms with E-state index in [0.717, 1.165) is 16.3 Å². The molecule has 0 aliphatic carbocycles. The first kappa shape index (κ1) is 20.6. The monoisotopic (exact) mass is 417 g/mol. The number of aromatic carboxylic acids is 1. The van der Waals surface area contributed by atoms with Crippen LogP contribution in [0.2, 0.25) is 0 Å². The third-order valence-electron chi connectivity index (χ3n) is 5.20. The van der Waals surface area contributed by atoms with Crippen molar-refractivity contribution >= 4 is 28.7 Å². The number of benzene rings is 3. The number of carboxylic acid groups (broad SMARTS) is 1. The molecule has 1 saturated heterocycles. The van der Waals surface area contributed by atoms with Crippen molar-refractivity contribution in [1.82, 2.24) is 4.90 Å². The number of hydrogen-bond acceptors (Lipinski definition) is 4. The SMILES string of the molecule is O=C(O)c1ccc(C=C(COc2cccc3ccccc23)C(=O)N2CCOCC2)cc1. The quantitative estimate of drug-likeness (QED) is 0.617. The molecule has 1 aliphatic rings. The lowest BCUT2D eigenvalue weighted by atomic mass is 10.1. The van der Waals surface area contributed by atoms with E-state index in [4.69, 9.17) is 14.6 Å². The van der Waals surface area contributed by atoms with Gasteiger partial charge in [0, 0.05) is 18.5 Å². The third-order valence-corrected chi connectivity index (χ3v) is 5.20. The average molecular weight is 417 g/mol. The van der Waals surface area contributed by atoms with Crippen LogP contribution in [0.1, 0.15) is 15.9 Å². The van der Waals surface area contributed by atoms with Gasteiger partial charge in [-0.25, -0.2) is 4.79 Å². The summed E-state index contributed by atoms with van der Waals surface area (Å²) in [6.45, 7) is 2.18. The Kier molecular flexibility index (Phi) is 6.29. The molecule has 31 heavy (non-hydrogen) atoms. The van der Waals surface area contributed by atoms with Gasteiger partial charge < -0.3 is 19.5 Å². The number of hydrogen-bond donors (Lipinski definition) is 1. The van der Waals surface area contributed by atoms with E-state index in [-0.39, 0.29) is 18.1 Å². The highest BCUT2D eigenvalue weighted by Crippen LogP contribution is 2.26. The zero-order valence-electron chi connectivity index (χ0n) is 17.0. The van der Waals surface area contributed by atoms with Crippen LogP contribution in [0, 0.1) is 0 Å². The molecule has 1 N–H and O–H groups in total. The van der Waals surface area contributed by atoms with Crippen molar-refractivity contribution in [3.05, 3.63) is 83.4 Å². The van der Waals surface area contributed by atoms with Gasteiger partial charge in [0.25, 0.3) is 5.91 Å². The molecule has 6 nitrogen and oxygen atoms in total. The second-order valence-electron chi connectivity index (χ2n) is 7.27. The van der Waals surface area contributed by atoms with E-state index in [2.05, 4.69) is 0 Å². The molecule has 1 heterocycles. The van der Waals surface area contributed by atoms with Crippen molar-refractivity contribution in [2.45, 2.75) is 0 Å². The molecule has 4 rings (SSSR count). The Hall–Kier alpha value is -3.64. The Labute approximate surface area is 180 Å². The van der Waals surface area contributed by atoms with Crippen LogP contribution >= 0.6 is 0 Å². The maximum absolute atomic E-state index is 13.2. The standard InChI is InChI=1S/C25H23NO5/c27-24(26-12-14-30-15-13-26)21(16-18-8-10-20(11-9-18)25(28)29)17-31-23-7-3-5-19-4-1-2-6-22(19)23/h1-11,16H,12-15,17H2,(H,28,29). The van der Waals surface area contributed by atoms with E-state index in [1.54, 1.807) is 23.1 Å². The van der Waals surface area contributed by atoms with Gasteiger partial charge in [-0.15, -0.1) is 0 Å². The van der Waals surface area contributed by atoms with Crippen molar-refractivity contribution in [2.75, 3.05) is 32.9 Å². The van der Waals surface area contributed by atoms with Crippen LogP contribution < -0.4 is 4.74 Å². The van der Waals surface area contributed by atoms with Crippen LogP contribution in [-0.4, -0.2) is 54.8 Å². The number of carbonyl (C=O) groups is 2. The average Bonchev–Trinajstić information content (AvgIpc) is 2.82. The van der Waals surface area contributed by atoms with E-state index >= 15 is 0 Å². The Morgan fingerprint density at radius 3 is 2.42 bits per heavy atom. The highest BCUT2D eigenvalue weighted by Gasteiger charge is 2.21. The Morgan fingerprint density at radius 2 is 1.68 bits per heavy atom. The molecular weight excluding hydrogens is 394 g/mol. The van der Waals surface area contributed by atoms with Gasteiger partial charge in [0.05, 0.1) is 24.4 Å². The van der Waals surface area contributed by atoms with Gasteiger partial charge in [0.2, 0.25) is 0 Å². The normalized spacial score (nSPS) is 14.5.